The van der Waals surface area contributed by atoms with E-state index in [1.807, 2.05) is 19.9 Å². The number of benzene rings is 1. The zero-order chi connectivity index (χ0) is 19.0. The molecule has 0 aliphatic heterocycles. The fourth-order valence-corrected chi connectivity index (χ4v) is 3.12. The van der Waals surface area contributed by atoms with Gasteiger partial charge >= 0.3 is 0 Å². The molecular formula is C22H17FN2O2. The van der Waals surface area contributed by atoms with Gasteiger partial charge in [0.25, 0.3) is 11.8 Å². The number of fused-ring (bicyclic) bond motifs is 1. The molecule has 0 N–H and O–H groups in total. The molecule has 0 saturated carbocycles. The van der Waals surface area contributed by atoms with Crippen molar-refractivity contribution < 1.29 is 13.6 Å². The van der Waals surface area contributed by atoms with Crippen LogP contribution in [0.15, 0.2) is 46.9 Å². The maximum absolute atomic E-state index is 14.0. The van der Waals surface area contributed by atoms with Crippen molar-refractivity contribution in [2.75, 3.05) is 0 Å². The first-order valence-electron chi connectivity index (χ1n) is 8.72. The molecule has 1 aliphatic rings. The molecular weight excluding hydrogens is 343 g/mol. The number of hydrogen-bond donors (Lipinski definition) is 0. The van der Waals surface area contributed by atoms with E-state index in [9.17, 15) is 9.18 Å². The number of carbonyl (C=O) groups excluding carboxylic acids is 1. The Morgan fingerprint density at radius 3 is 2.63 bits per heavy atom. The molecule has 5 heteroatoms. The van der Waals surface area contributed by atoms with Crippen molar-refractivity contribution in [2.45, 2.75) is 26.7 Å². The van der Waals surface area contributed by atoms with Crippen LogP contribution in [0.1, 0.15) is 47.9 Å². The van der Waals surface area contributed by atoms with E-state index in [-0.39, 0.29) is 22.8 Å². The Kier molecular flexibility index (Phi) is 4.12. The molecule has 0 saturated heterocycles. The monoisotopic (exact) mass is 360 g/mol. The number of aryl methyl sites for hydroxylation is 1. The van der Waals surface area contributed by atoms with E-state index in [1.165, 1.54) is 0 Å². The summed E-state index contributed by atoms with van der Waals surface area (Å²) in [4.78, 5) is 20.7. The van der Waals surface area contributed by atoms with Crippen LogP contribution in [0.4, 0.5) is 4.39 Å². The second-order valence-electron chi connectivity index (χ2n) is 7.16. The molecule has 4 nitrogen and oxygen atoms in total. The van der Waals surface area contributed by atoms with Crippen LogP contribution >= 0.6 is 0 Å². The lowest BCUT2D eigenvalue weighted by atomic mass is 9.75. The molecule has 2 heterocycles. The zero-order valence-corrected chi connectivity index (χ0v) is 15.0. The zero-order valence-electron chi connectivity index (χ0n) is 15.0. The predicted octanol–water partition coefficient (Wildman–Crippen LogP) is 4.43. The van der Waals surface area contributed by atoms with Gasteiger partial charge in [0.05, 0.1) is 5.69 Å². The number of ketones is 1. The summed E-state index contributed by atoms with van der Waals surface area (Å²) in [5.74, 6) is 5.02. The molecule has 0 spiro atoms. The van der Waals surface area contributed by atoms with Gasteiger partial charge in [-0.2, -0.15) is 9.37 Å². The molecule has 4 rings (SSSR count). The van der Waals surface area contributed by atoms with E-state index in [0.29, 0.717) is 16.8 Å². The van der Waals surface area contributed by atoms with Crippen molar-refractivity contribution in [2.24, 2.45) is 5.41 Å². The third-order valence-electron chi connectivity index (χ3n) is 4.74. The lowest BCUT2D eigenvalue weighted by Crippen LogP contribution is -2.31. The summed E-state index contributed by atoms with van der Waals surface area (Å²) in [5, 5.41) is 0. The molecule has 2 aromatic heterocycles. The molecule has 27 heavy (non-hydrogen) atoms. The maximum atomic E-state index is 14.0. The topological polar surface area (TPSA) is 56.0 Å². The first-order valence-corrected chi connectivity index (χ1v) is 8.72. The van der Waals surface area contributed by atoms with Gasteiger partial charge in [-0.1, -0.05) is 44.2 Å². The van der Waals surface area contributed by atoms with Gasteiger partial charge in [-0.3, -0.25) is 4.79 Å². The second-order valence-corrected chi connectivity index (χ2v) is 7.16. The van der Waals surface area contributed by atoms with E-state index in [2.05, 4.69) is 21.8 Å². The average Bonchev–Trinajstić information content (AvgIpc) is 3.05. The third-order valence-corrected chi connectivity index (χ3v) is 4.74. The van der Waals surface area contributed by atoms with Crippen LogP contribution in [0.25, 0.3) is 11.3 Å². The molecule has 3 aromatic rings. The SMILES string of the molecule is CC1(C)CCc2nc(C#Cc3nc(F)c(-c4ccccc4)o3)ccc2C1=O. The average molecular weight is 360 g/mol. The smallest absolute Gasteiger partial charge is 0.276 e. The maximum Gasteiger partial charge on any atom is 0.276 e. The van der Waals surface area contributed by atoms with E-state index in [1.54, 1.807) is 36.4 Å². The highest BCUT2D eigenvalue weighted by molar-refractivity contribution is 6.01. The van der Waals surface area contributed by atoms with Gasteiger partial charge in [0, 0.05) is 16.5 Å². The molecule has 0 unspecified atom stereocenters. The summed E-state index contributed by atoms with van der Waals surface area (Å²) in [6, 6.07) is 12.4. The molecule has 1 aromatic carbocycles. The lowest BCUT2D eigenvalue weighted by Gasteiger charge is -2.28. The van der Waals surface area contributed by atoms with Crippen LogP contribution in [-0.2, 0) is 6.42 Å². The standard InChI is InChI=1S/C22H17FN2O2/c1-22(2)13-12-17-16(20(22)26)10-8-15(24-17)9-11-18-25-21(23)19(27-18)14-6-4-3-5-7-14/h3-8,10H,12-13H2,1-2H3. The van der Waals surface area contributed by atoms with Gasteiger partial charge in [-0.15, -0.1) is 0 Å². The number of oxazole rings is 1. The van der Waals surface area contributed by atoms with Crippen LogP contribution in [0.2, 0.25) is 0 Å². The molecule has 0 bridgehead atoms. The largest absolute Gasteiger partial charge is 0.427 e. The highest BCUT2D eigenvalue weighted by Gasteiger charge is 2.34. The van der Waals surface area contributed by atoms with Gasteiger partial charge in [0.1, 0.15) is 5.69 Å². The van der Waals surface area contributed by atoms with Crippen molar-refractivity contribution in [3.8, 4) is 23.2 Å². The minimum atomic E-state index is -0.697. The van der Waals surface area contributed by atoms with E-state index >= 15 is 0 Å². The number of carbonyl (C=O) groups is 1. The Morgan fingerprint density at radius 1 is 1.07 bits per heavy atom. The van der Waals surface area contributed by atoms with Crippen molar-refractivity contribution >= 4 is 5.78 Å². The molecule has 0 atom stereocenters. The number of aromatic nitrogens is 2. The van der Waals surface area contributed by atoms with Crippen LogP contribution in [0, 0.1) is 23.2 Å². The van der Waals surface area contributed by atoms with Gasteiger partial charge in [0.15, 0.2) is 11.5 Å². The van der Waals surface area contributed by atoms with Crippen molar-refractivity contribution in [3.63, 3.8) is 0 Å². The molecule has 0 radical (unpaired) electrons. The van der Waals surface area contributed by atoms with Gasteiger partial charge < -0.3 is 4.42 Å². The minimum Gasteiger partial charge on any atom is -0.427 e. The fourth-order valence-electron chi connectivity index (χ4n) is 3.12. The Hall–Kier alpha value is -3.26. The van der Waals surface area contributed by atoms with Crippen molar-refractivity contribution in [3.05, 3.63) is 71.3 Å². The summed E-state index contributed by atoms with van der Waals surface area (Å²) >= 11 is 0. The first-order chi connectivity index (χ1) is 12.9. The Bertz CT molecular complexity index is 1090. The molecule has 0 fully saturated rings. The quantitative estimate of drug-likeness (QED) is 0.603. The number of Topliss-reactive ketones (excluding diaryl/α,β-unsaturated/α-hetero) is 1. The van der Waals surface area contributed by atoms with E-state index in [0.717, 1.165) is 18.5 Å². The van der Waals surface area contributed by atoms with E-state index in [4.69, 9.17) is 4.42 Å². The van der Waals surface area contributed by atoms with Crippen LogP contribution in [0.3, 0.4) is 0 Å². The number of hydrogen-bond acceptors (Lipinski definition) is 4. The summed E-state index contributed by atoms with van der Waals surface area (Å²) in [5.41, 5.74) is 2.16. The highest BCUT2D eigenvalue weighted by atomic mass is 19.1. The molecule has 0 amide bonds. The van der Waals surface area contributed by atoms with Crippen LogP contribution < -0.4 is 0 Å². The summed E-state index contributed by atoms with van der Waals surface area (Å²) in [6.45, 7) is 3.90. The first kappa shape index (κ1) is 17.2. The van der Waals surface area contributed by atoms with Crippen molar-refractivity contribution in [1.82, 2.24) is 9.97 Å². The van der Waals surface area contributed by atoms with Gasteiger partial charge in [-0.05, 0) is 36.8 Å². The molecule has 134 valence electrons. The number of halogens is 1. The minimum absolute atomic E-state index is 0.0110. The lowest BCUT2D eigenvalue weighted by molar-refractivity contribution is 0.0809. The normalized spacial score (nSPS) is 15.0. The third kappa shape index (κ3) is 3.26. The highest BCUT2D eigenvalue weighted by Crippen LogP contribution is 2.33. The summed E-state index contributed by atoms with van der Waals surface area (Å²) in [6.07, 6.45) is 1.49. The van der Waals surface area contributed by atoms with Crippen molar-refractivity contribution in [1.29, 1.82) is 0 Å². The predicted molar refractivity (Wildman–Crippen MR) is 98.5 cm³/mol. The Labute approximate surface area is 156 Å². The molecule has 1 aliphatic carbocycles. The van der Waals surface area contributed by atoms with E-state index < -0.39 is 5.95 Å². The number of pyridine rings is 1. The Balaban J connectivity index is 1.62. The summed E-state index contributed by atoms with van der Waals surface area (Å²) in [7, 11) is 0. The number of rotatable bonds is 1. The fraction of sp³-hybridized carbons (Fsp3) is 0.227. The number of nitrogens with zero attached hydrogens (tertiary/aromatic N) is 2. The van der Waals surface area contributed by atoms with Gasteiger partial charge in [0.2, 0.25) is 0 Å². The second kappa shape index (κ2) is 6.48. The van der Waals surface area contributed by atoms with Crippen LogP contribution in [-0.4, -0.2) is 15.8 Å². The van der Waals surface area contributed by atoms with Crippen LogP contribution in [0.5, 0.6) is 0 Å². The summed E-state index contributed by atoms with van der Waals surface area (Å²) < 4.78 is 19.5. The van der Waals surface area contributed by atoms with Gasteiger partial charge in [-0.25, -0.2) is 4.98 Å². The Morgan fingerprint density at radius 2 is 1.85 bits per heavy atom.